The zero-order valence-electron chi connectivity index (χ0n) is 9.58. The average molecular weight is 209 g/mol. The van der Waals surface area contributed by atoms with Crippen molar-refractivity contribution in [1.29, 1.82) is 0 Å². The van der Waals surface area contributed by atoms with Gasteiger partial charge in [-0.15, -0.1) is 0 Å². The summed E-state index contributed by atoms with van der Waals surface area (Å²) in [5.74, 6) is 0.916. The Bertz CT molecular complexity index is 310. The number of ether oxygens (including phenoxy) is 1. The van der Waals surface area contributed by atoms with Crippen LogP contribution in [0.5, 0.6) is 5.75 Å². The minimum absolute atomic E-state index is 0.142. The molecular weight excluding hydrogens is 190 g/mol. The highest BCUT2D eigenvalue weighted by Gasteiger charge is 2.02. The molecule has 15 heavy (non-hydrogen) atoms. The van der Waals surface area contributed by atoms with Gasteiger partial charge in [-0.1, -0.05) is 0 Å². The van der Waals surface area contributed by atoms with Gasteiger partial charge in [-0.05, 0) is 44.5 Å². The molecule has 84 valence electrons. The van der Waals surface area contributed by atoms with Gasteiger partial charge in [0.15, 0.2) is 0 Å². The van der Waals surface area contributed by atoms with Crippen LogP contribution in [0.1, 0.15) is 19.4 Å². The highest BCUT2D eigenvalue weighted by Crippen LogP contribution is 2.22. The molecule has 0 unspecified atom stereocenters. The standard InChI is InChI=1S/C12H19NO2/c1-9(2)15-12-5-4-11(8-10(12)3)13-6-7-14/h4-5,8-9,13-14H,6-7H2,1-3H3. The second kappa shape index (κ2) is 5.61. The molecule has 0 spiro atoms. The maximum absolute atomic E-state index is 8.68. The summed E-state index contributed by atoms with van der Waals surface area (Å²) in [4.78, 5) is 0. The van der Waals surface area contributed by atoms with Crippen molar-refractivity contribution < 1.29 is 9.84 Å². The zero-order chi connectivity index (χ0) is 11.3. The quantitative estimate of drug-likeness (QED) is 0.781. The largest absolute Gasteiger partial charge is 0.491 e. The van der Waals surface area contributed by atoms with Gasteiger partial charge >= 0.3 is 0 Å². The lowest BCUT2D eigenvalue weighted by Gasteiger charge is -2.13. The van der Waals surface area contributed by atoms with Gasteiger partial charge < -0.3 is 15.2 Å². The number of benzene rings is 1. The van der Waals surface area contributed by atoms with Gasteiger partial charge in [0, 0.05) is 12.2 Å². The fourth-order valence-electron chi connectivity index (χ4n) is 1.35. The van der Waals surface area contributed by atoms with E-state index in [0.29, 0.717) is 6.54 Å². The van der Waals surface area contributed by atoms with Crippen LogP contribution in [-0.2, 0) is 0 Å². The van der Waals surface area contributed by atoms with Crippen molar-refractivity contribution in [1.82, 2.24) is 0 Å². The summed E-state index contributed by atoms with van der Waals surface area (Å²) in [7, 11) is 0. The lowest BCUT2D eigenvalue weighted by Crippen LogP contribution is -2.08. The average Bonchev–Trinajstić information content (AvgIpc) is 2.18. The first kappa shape index (κ1) is 11.9. The molecule has 0 bridgehead atoms. The summed E-state index contributed by atoms with van der Waals surface area (Å²) in [5, 5.41) is 11.8. The van der Waals surface area contributed by atoms with Crippen molar-refractivity contribution in [2.45, 2.75) is 26.9 Å². The van der Waals surface area contributed by atoms with Crippen LogP contribution in [0.2, 0.25) is 0 Å². The topological polar surface area (TPSA) is 41.5 Å². The molecule has 0 fully saturated rings. The third-order valence-electron chi connectivity index (χ3n) is 1.98. The van der Waals surface area contributed by atoms with E-state index in [4.69, 9.17) is 9.84 Å². The van der Waals surface area contributed by atoms with Crippen LogP contribution in [0.25, 0.3) is 0 Å². The predicted octanol–water partition coefficient (Wildman–Crippen LogP) is 2.19. The maximum Gasteiger partial charge on any atom is 0.122 e. The number of aliphatic hydroxyl groups excluding tert-OH is 1. The minimum atomic E-state index is 0.142. The van der Waals surface area contributed by atoms with Crippen LogP contribution in [0.3, 0.4) is 0 Å². The van der Waals surface area contributed by atoms with E-state index in [-0.39, 0.29) is 12.7 Å². The second-order valence-corrected chi connectivity index (χ2v) is 3.80. The van der Waals surface area contributed by atoms with Gasteiger partial charge in [-0.2, -0.15) is 0 Å². The van der Waals surface area contributed by atoms with E-state index in [0.717, 1.165) is 17.0 Å². The van der Waals surface area contributed by atoms with Crippen LogP contribution in [-0.4, -0.2) is 24.4 Å². The van der Waals surface area contributed by atoms with E-state index in [1.807, 2.05) is 39.0 Å². The second-order valence-electron chi connectivity index (χ2n) is 3.80. The van der Waals surface area contributed by atoms with Crippen LogP contribution >= 0.6 is 0 Å². The molecule has 2 N–H and O–H groups in total. The first-order valence-corrected chi connectivity index (χ1v) is 5.25. The Morgan fingerprint density at radius 2 is 2.13 bits per heavy atom. The first-order chi connectivity index (χ1) is 7.13. The third-order valence-corrected chi connectivity index (χ3v) is 1.98. The van der Waals surface area contributed by atoms with Crippen molar-refractivity contribution in [2.24, 2.45) is 0 Å². The molecule has 0 heterocycles. The maximum atomic E-state index is 8.68. The summed E-state index contributed by atoms with van der Waals surface area (Å²) < 4.78 is 5.63. The molecule has 0 aliphatic rings. The van der Waals surface area contributed by atoms with Crippen molar-refractivity contribution in [3.05, 3.63) is 23.8 Å². The number of aliphatic hydroxyl groups is 1. The van der Waals surface area contributed by atoms with E-state index in [1.54, 1.807) is 0 Å². The van der Waals surface area contributed by atoms with E-state index < -0.39 is 0 Å². The molecule has 0 saturated heterocycles. The van der Waals surface area contributed by atoms with Gasteiger partial charge in [0.25, 0.3) is 0 Å². The Labute approximate surface area is 91.1 Å². The molecule has 0 aliphatic heterocycles. The van der Waals surface area contributed by atoms with Crippen molar-refractivity contribution in [3.63, 3.8) is 0 Å². The Morgan fingerprint density at radius 3 is 2.67 bits per heavy atom. The summed E-state index contributed by atoms with van der Waals surface area (Å²) in [5.41, 5.74) is 2.12. The zero-order valence-corrected chi connectivity index (χ0v) is 9.58. The molecule has 1 aromatic carbocycles. The highest BCUT2D eigenvalue weighted by molar-refractivity contribution is 5.50. The van der Waals surface area contributed by atoms with E-state index in [9.17, 15) is 0 Å². The highest BCUT2D eigenvalue weighted by atomic mass is 16.5. The molecule has 0 saturated carbocycles. The van der Waals surface area contributed by atoms with E-state index in [1.165, 1.54) is 0 Å². The molecule has 0 aromatic heterocycles. The summed E-state index contributed by atoms with van der Waals surface area (Å²) >= 11 is 0. The van der Waals surface area contributed by atoms with Gasteiger partial charge in [0.2, 0.25) is 0 Å². The Kier molecular flexibility index (Phi) is 4.43. The molecule has 0 atom stereocenters. The van der Waals surface area contributed by atoms with Gasteiger partial charge in [0.1, 0.15) is 5.75 Å². The molecule has 3 heteroatoms. The smallest absolute Gasteiger partial charge is 0.122 e. The molecule has 0 radical (unpaired) electrons. The molecule has 1 rings (SSSR count). The van der Waals surface area contributed by atoms with Gasteiger partial charge in [-0.3, -0.25) is 0 Å². The van der Waals surface area contributed by atoms with Crippen LogP contribution < -0.4 is 10.1 Å². The van der Waals surface area contributed by atoms with Crippen LogP contribution in [0.15, 0.2) is 18.2 Å². The number of hydrogen-bond acceptors (Lipinski definition) is 3. The van der Waals surface area contributed by atoms with Crippen molar-refractivity contribution >= 4 is 5.69 Å². The Morgan fingerprint density at radius 1 is 1.40 bits per heavy atom. The minimum Gasteiger partial charge on any atom is -0.491 e. The van der Waals surface area contributed by atoms with Gasteiger partial charge in [0.05, 0.1) is 12.7 Å². The summed E-state index contributed by atoms with van der Waals surface area (Å²) in [6.45, 7) is 6.75. The molecule has 1 aromatic rings. The fraction of sp³-hybridized carbons (Fsp3) is 0.500. The number of rotatable bonds is 5. The van der Waals surface area contributed by atoms with Crippen molar-refractivity contribution in [3.8, 4) is 5.75 Å². The summed E-state index contributed by atoms with van der Waals surface area (Å²) in [6.07, 6.45) is 0.194. The first-order valence-electron chi connectivity index (χ1n) is 5.25. The number of aryl methyl sites for hydroxylation is 1. The number of nitrogens with one attached hydrogen (secondary N) is 1. The van der Waals surface area contributed by atoms with Crippen LogP contribution in [0, 0.1) is 6.92 Å². The monoisotopic (exact) mass is 209 g/mol. The Hall–Kier alpha value is -1.22. The number of anilines is 1. The summed E-state index contributed by atoms with van der Waals surface area (Å²) in [6, 6.07) is 5.93. The lowest BCUT2D eigenvalue weighted by atomic mass is 10.2. The lowest BCUT2D eigenvalue weighted by molar-refractivity contribution is 0.241. The molecule has 3 nitrogen and oxygen atoms in total. The molecule has 0 aliphatic carbocycles. The molecular formula is C12H19NO2. The van der Waals surface area contributed by atoms with E-state index >= 15 is 0 Å². The van der Waals surface area contributed by atoms with Crippen LogP contribution in [0.4, 0.5) is 5.69 Å². The third kappa shape index (κ3) is 3.80. The fourth-order valence-corrected chi connectivity index (χ4v) is 1.35. The molecule has 0 amide bonds. The Balaban J connectivity index is 2.70. The van der Waals surface area contributed by atoms with Crippen molar-refractivity contribution in [2.75, 3.05) is 18.5 Å². The SMILES string of the molecule is Cc1cc(NCCO)ccc1OC(C)C. The normalized spacial score (nSPS) is 10.5. The predicted molar refractivity (Wildman–Crippen MR) is 62.5 cm³/mol. The van der Waals surface area contributed by atoms with Gasteiger partial charge in [-0.25, -0.2) is 0 Å². The van der Waals surface area contributed by atoms with E-state index in [2.05, 4.69) is 5.32 Å². The number of hydrogen-bond donors (Lipinski definition) is 2.